The topological polar surface area (TPSA) is 32.3 Å². The lowest BCUT2D eigenvalue weighted by Crippen LogP contribution is -2.20. The molecular formula is C14H22ClNO. The zero-order chi connectivity index (χ0) is 12.9. The molecule has 0 fully saturated rings. The van der Waals surface area contributed by atoms with E-state index in [0.29, 0.717) is 6.04 Å². The van der Waals surface area contributed by atoms with E-state index in [1.165, 1.54) is 0 Å². The standard InChI is InChI=1S/C14H22ClNO/c1-11(5-4-10-14(2,3)17)16-13-8-6-12(15)7-9-13/h6-9,11,16-17H,4-5,10H2,1-3H3. The van der Waals surface area contributed by atoms with Crippen LogP contribution in [0, 0.1) is 0 Å². The molecule has 0 aliphatic carbocycles. The number of anilines is 1. The highest BCUT2D eigenvalue weighted by Crippen LogP contribution is 2.17. The molecule has 0 bridgehead atoms. The van der Waals surface area contributed by atoms with E-state index in [1.54, 1.807) is 0 Å². The summed E-state index contributed by atoms with van der Waals surface area (Å²) in [4.78, 5) is 0. The van der Waals surface area contributed by atoms with Crippen LogP contribution in [-0.4, -0.2) is 16.7 Å². The van der Waals surface area contributed by atoms with Gasteiger partial charge >= 0.3 is 0 Å². The monoisotopic (exact) mass is 255 g/mol. The van der Waals surface area contributed by atoms with E-state index < -0.39 is 5.60 Å². The van der Waals surface area contributed by atoms with E-state index >= 15 is 0 Å². The predicted molar refractivity (Wildman–Crippen MR) is 74.7 cm³/mol. The van der Waals surface area contributed by atoms with Crippen LogP contribution in [0.25, 0.3) is 0 Å². The Kier molecular flexibility index (Phi) is 5.29. The summed E-state index contributed by atoms with van der Waals surface area (Å²) in [5.74, 6) is 0. The molecule has 0 aromatic heterocycles. The summed E-state index contributed by atoms with van der Waals surface area (Å²) in [5, 5.41) is 13.8. The average Bonchev–Trinajstić information content (AvgIpc) is 2.19. The lowest BCUT2D eigenvalue weighted by atomic mass is 10.00. The van der Waals surface area contributed by atoms with Gasteiger partial charge in [0.05, 0.1) is 5.60 Å². The first-order valence-corrected chi connectivity index (χ1v) is 6.49. The quantitative estimate of drug-likeness (QED) is 0.803. The summed E-state index contributed by atoms with van der Waals surface area (Å²) in [6, 6.07) is 8.13. The molecule has 0 spiro atoms. The zero-order valence-electron chi connectivity index (χ0n) is 10.8. The lowest BCUT2D eigenvalue weighted by Gasteiger charge is -2.19. The molecule has 0 amide bonds. The van der Waals surface area contributed by atoms with Crippen LogP contribution < -0.4 is 5.32 Å². The van der Waals surface area contributed by atoms with Gasteiger partial charge < -0.3 is 10.4 Å². The van der Waals surface area contributed by atoms with Crippen molar-refractivity contribution in [3.05, 3.63) is 29.3 Å². The van der Waals surface area contributed by atoms with Crippen LogP contribution in [-0.2, 0) is 0 Å². The summed E-state index contributed by atoms with van der Waals surface area (Å²) >= 11 is 5.83. The van der Waals surface area contributed by atoms with Crippen molar-refractivity contribution >= 4 is 17.3 Å². The third-order valence-corrected chi connectivity index (χ3v) is 2.93. The minimum atomic E-state index is -0.556. The van der Waals surface area contributed by atoms with E-state index in [1.807, 2.05) is 38.1 Å². The molecule has 1 atom stereocenters. The summed E-state index contributed by atoms with van der Waals surface area (Å²) in [6.45, 7) is 5.85. The Hall–Kier alpha value is -0.730. The van der Waals surface area contributed by atoms with E-state index in [0.717, 1.165) is 30.0 Å². The molecule has 0 saturated heterocycles. The minimum absolute atomic E-state index is 0.401. The van der Waals surface area contributed by atoms with Crippen LogP contribution in [0.4, 0.5) is 5.69 Å². The van der Waals surface area contributed by atoms with Crippen LogP contribution in [0.5, 0.6) is 0 Å². The molecule has 1 aromatic rings. The van der Waals surface area contributed by atoms with E-state index in [9.17, 15) is 5.11 Å². The van der Waals surface area contributed by atoms with Crippen molar-refractivity contribution in [2.75, 3.05) is 5.32 Å². The van der Waals surface area contributed by atoms with Gasteiger partial charge in [-0.1, -0.05) is 11.6 Å². The van der Waals surface area contributed by atoms with Gasteiger partial charge in [-0.3, -0.25) is 0 Å². The number of rotatable bonds is 6. The van der Waals surface area contributed by atoms with Crippen molar-refractivity contribution in [1.29, 1.82) is 0 Å². The number of hydrogen-bond donors (Lipinski definition) is 2. The highest BCUT2D eigenvalue weighted by molar-refractivity contribution is 6.30. The Morgan fingerprint density at radius 2 is 1.88 bits per heavy atom. The predicted octanol–water partition coefficient (Wildman–Crippen LogP) is 4.08. The Labute approximate surface area is 109 Å². The molecule has 1 unspecified atom stereocenters. The SMILES string of the molecule is CC(CCCC(C)(C)O)Nc1ccc(Cl)cc1. The number of benzene rings is 1. The molecule has 3 heteroatoms. The van der Waals surface area contributed by atoms with Gasteiger partial charge in [0.2, 0.25) is 0 Å². The number of aliphatic hydroxyl groups is 1. The first-order valence-electron chi connectivity index (χ1n) is 6.11. The maximum absolute atomic E-state index is 9.62. The van der Waals surface area contributed by atoms with Gasteiger partial charge in [0.15, 0.2) is 0 Å². The smallest absolute Gasteiger partial charge is 0.0591 e. The molecule has 2 N–H and O–H groups in total. The first kappa shape index (κ1) is 14.3. The Morgan fingerprint density at radius 1 is 1.29 bits per heavy atom. The summed E-state index contributed by atoms with van der Waals surface area (Å²) in [5.41, 5.74) is 0.533. The zero-order valence-corrected chi connectivity index (χ0v) is 11.6. The van der Waals surface area contributed by atoms with Crippen LogP contribution in [0.3, 0.4) is 0 Å². The van der Waals surface area contributed by atoms with Crippen molar-refractivity contribution in [3.63, 3.8) is 0 Å². The molecular weight excluding hydrogens is 234 g/mol. The fraction of sp³-hybridized carbons (Fsp3) is 0.571. The molecule has 17 heavy (non-hydrogen) atoms. The summed E-state index contributed by atoms with van der Waals surface area (Å²) in [7, 11) is 0. The fourth-order valence-corrected chi connectivity index (χ4v) is 1.87. The number of nitrogens with one attached hydrogen (secondary N) is 1. The average molecular weight is 256 g/mol. The maximum Gasteiger partial charge on any atom is 0.0591 e. The van der Waals surface area contributed by atoms with Gasteiger partial charge in [-0.25, -0.2) is 0 Å². The second kappa shape index (κ2) is 6.27. The number of halogens is 1. The number of hydrogen-bond acceptors (Lipinski definition) is 2. The van der Waals surface area contributed by atoms with E-state index in [2.05, 4.69) is 12.2 Å². The summed E-state index contributed by atoms with van der Waals surface area (Å²) < 4.78 is 0. The van der Waals surface area contributed by atoms with Crippen molar-refractivity contribution in [2.45, 2.75) is 51.7 Å². The molecule has 0 saturated carbocycles. The third kappa shape index (κ3) is 6.54. The normalized spacial score (nSPS) is 13.5. The van der Waals surface area contributed by atoms with Crippen LogP contribution in [0.2, 0.25) is 5.02 Å². The Balaban J connectivity index is 2.30. The van der Waals surface area contributed by atoms with Crippen molar-refractivity contribution in [2.24, 2.45) is 0 Å². The molecule has 1 aromatic carbocycles. The van der Waals surface area contributed by atoms with Crippen LogP contribution in [0.15, 0.2) is 24.3 Å². The molecule has 0 aliphatic heterocycles. The van der Waals surface area contributed by atoms with Crippen LogP contribution in [0.1, 0.15) is 40.0 Å². The fourth-order valence-electron chi connectivity index (χ4n) is 1.74. The molecule has 96 valence electrons. The molecule has 0 radical (unpaired) electrons. The highest BCUT2D eigenvalue weighted by Gasteiger charge is 2.12. The molecule has 0 heterocycles. The largest absolute Gasteiger partial charge is 0.390 e. The molecule has 2 nitrogen and oxygen atoms in total. The second-order valence-corrected chi connectivity index (χ2v) is 5.69. The van der Waals surface area contributed by atoms with Crippen molar-refractivity contribution in [1.82, 2.24) is 0 Å². The van der Waals surface area contributed by atoms with Gasteiger partial charge in [0, 0.05) is 16.8 Å². The maximum atomic E-state index is 9.62. The van der Waals surface area contributed by atoms with E-state index in [-0.39, 0.29) is 0 Å². The first-order chi connectivity index (χ1) is 7.87. The summed E-state index contributed by atoms with van der Waals surface area (Å²) in [6.07, 6.45) is 2.90. The van der Waals surface area contributed by atoms with Gasteiger partial charge in [-0.05, 0) is 64.3 Å². The van der Waals surface area contributed by atoms with Crippen LogP contribution >= 0.6 is 11.6 Å². The Morgan fingerprint density at radius 3 is 2.41 bits per heavy atom. The molecule has 0 aliphatic rings. The van der Waals surface area contributed by atoms with Gasteiger partial charge in [-0.15, -0.1) is 0 Å². The lowest BCUT2D eigenvalue weighted by molar-refractivity contribution is 0.0680. The third-order valence-electron chi connectivity index (χ3n) is 2.68. The van der Waals surface area contributed by atoms with Crippen molar-refractivity contribution in [3.8, 4) is 0 Å². The minimum Gasteiger partial charge on any atom is -0.390 e. The van der Waals surface area contributed by atoms with Gasteiger partial charge in [0.25, 0.3) is 0 Å². The van der Waals surface area contributed by atoms with Gasteiger partial charge in [0.1, 0.15) is 0 Å². The second-order valence-electron chi connectivity index (χ2n) is 5.26. The highest BCUT2D eigenvalue weighted by atomic mass is 35.5. The molecule has 1 rings (SSSR count). The van der Waals surface area contributed by atoms with E-state index in [4.69, 9.17) is 11.6 Å². The Bertz CT molecular complexity index is 329. The van der Waals surface area contributed by atoms with Crippen molar-refractivity contribution < 1.29 is 5.11 Å². The van der Waals surface area contributed by atoms with Gasteiger partial charge in [-0.2, -0.15) is 0 Å².